The van der Waals surface area contributed by atoms with Crippen LogP contribution in [0.2, 0.25) is 0 Å². The fraction of sp³-hybridized carbons (Fsp3) is 0.923. The first-order valence-electron chi connectivity index (χ1n) is 6.17. The molecule has 0 spiro atoms. The largest absolute Gasteiger partial charge is 0.479 e. The zero-order valence-corrected chi connectivity index (χ0v) is 10.8. The summed E-state index contributed by atoms with van der Waals surface area (Å²) in [6, 6.07) is 0. The van der Waals surface area contributed by atoms with Gasteiger partial charge in [0.05, 0.1) is 0 Å². The first kappa shape index (κ1) is 13.5. The van der Waals surface area contributed by atoms with E-state index in [9.17, 15) is 15.0 Å². The average Bonchev–Trinajstić information content (AvgIpc) is 2.12. The molecular formula is C13H24O3. The zero-order chi connectivity index (χ0) is 12.6. The molecule has 1 saturated carbocycles. The van der Waals surface area contributed by atoms with E-state index >= 15 is 0 Å². The van der Waals surface area contributed by atoms with Gasteiger partial charge in [0.1, 0.15) is 0 Å². The molecule has 0 saturated heterocycles. The maximum Gasteiger partial charge on any atom is 0.335 e. The summed E-state index contributed by atoms with van der Waals surface area (Å²) in [6.45, 7) is 8.22. The highest BCUT2D eigenvalue weighted by atomic mass is 16.4. The van der Waals surface area contributed by atoms with E-state index in [0.29, 0.717) is 5.92 Å². The predicted molar refractivity (Wildman–Crippen MR) is 63.2 cm³/mol. The van der Waals surface area contributed by atoms with Crippen LogP contribution in [0.3, 0.4) is 0 Å². The first-order valence-corrected chi connectivity index (χ1v) is 6.17. The van der Waals surface area contributed by atoms with Gasteiger partial charge in [-0.1, -0.05) is 27.7 Å². The second-order valence-electron chi connectivity index (χ2n) is 6.19. The number of carbonyl (C=O) groups is 1. The SMILES string of the molecule is CCC(O)(C(=O)O)C1CC(C)CC(C)(C)C1. The van der Waals surface area contributed by atoms with Crippen LogP contribution in [-0.2, 0) is 4.79 Å². The van der Waals surface area contributed by atoms with Crippen LogP contribution in [0.4, 0.5) is 0 Å². The van der Waals surface area contributed by atoms with Crippen LogP contribution in [0.15, 0.2) is 0 Å². The molecule has 94 valence electrons. The van der Waals surface area contributed by atoms with Gasteiger partial charge in [-0.05, 0) is 42.9 Å². The molecule has 0 radical (unpaired) electrons. The van der Waals surface area contributed by atoms with Crippen LogP contribution in [-0.4, -0.2) is 21.8 Å². The Morgan fingerprint density at radius 2 is 2.00 bits per heavy atom. The number of carboxylic acid groups (broad SMARTS) is 1. The maximum atomic E-state index is 11.2. The Balaban J connectivity index is 2.90. The van der Waals surface area contributed by atoms with Crippen molar-refractivity contribution in [2.75, 3.05) is 0 Å². The van der Waals surface area contributed by atoms with Gasteiger partial charge in [-0.15, -0.1) is 0 Å². The molecule has 3 atom stereocenters. The molecular weight excluding hydrogens is 204 g/mol. The van der Waals surface area contributed by atoms with Crippen molar-refractivity contribution >= 4 is 5.97 Å². The monoisotopic (exact) mass is 228 g/mol. The van der Waals surface area contributed by atoms with Crippen molar-refractivity contribution in [2.45, 2.75) is 59.0 Å². The molecule has 1 rings (SSSR count). The molecule has 0 bridgehead atoms. The van der Waals surface area contributed by atoms with Gasteiger partial charge in [0.2, 0.25) is 0 Å². The minimum Gasteiger partial charge on any atom is -0.479 e. The summed E-state index contributed by atoms with van der Waals surface area (Å²) in [5.41, 5.74) is -1.40. The lowest BCUT2D eigenvalue weighted by molar-refractivity contribution is -0.170. The van der Waals surface area contributed by atoms with Crippen molar-refractivity contribution in [2.24, 2.45) is 17.3 Å². The summed E-state index contributed by atoms with van der Waals surface area (Å²) in [6.07, 6.45) is 3.02. The quantitative estimate of drug-likeness (QED) is 0.780. The fourth-order valence-corrected chi connectivity index (χ4v) is 3.32. The topological polar surface area (TPSA) is 57.5 Å². The second kappa shape index (κ2) is 4.36. The third-order valence-electron chi connectivity index (χ3n) is 3.97. The van der Waals surface area contributed by atoms with Crippen LogP contribution in [0.1, 0.15) is 53.4 Å². The molecule has 16 heavy (non-hydrogen) atoms. The van der Waals surface area contributed by atoms with Crippen molar-refractivity contribution in [3.8, 4) is 0 Å². The molecule has 2 N–H and O–H groups in total. The molecule has 0 aromatic rings. The van der Waals surface area contributed by atoms with Gasteiger partial charge < -0.3 is 10.2 Å². The number of carboxylic acids is 1. The molecule has 1 aliphatic carbocycles. The van der Waals surface area contributed by atoms with Crippen LogP contribution in [0, 0.1) is 17.3 Å². The van der Waals surface area contributed by atoms with Crippen molar-refractivity contribution in [1.29, 1.82) is 0 Å². The van der Waals surface area contributed by atoms with Gasteiger partial charge in [0.25, 0.3) is 0 Å². The van der Waals surface area contributed by atoms with Crippen LogP contribution in [0.5, 0.6) is 0 Å². The average molecular weight is 228 g/mol. The zero-order valence-electron chi connectivity index (χ0n) is 10.8. The van der Waals surface area contributed by atoms with E-state index in [4.69, 9.17) is 0 Å². The lowest BCUT2D eigenvalue weighted by atomic mass is 9.63. The Morgan fingerprint density at radius 3 is 2.38 bits per heavy atom. The van der Waals surface area contributed by atoms with E-state index in [1.807, 2.05) is 0 Å². The van der Waals surface area contributed by atoms with Gasteiger partial charge in [0.15, 0.2) is 5.60 Å². The standard InChI is InChI=1S/C13H24O3/c1-5-13(16,11(14)15)10-6-9(2)7-12(3,4)8-10/h9-10,16H,5-8H2,1-4H3,(H,14,15). The van der Waals surface area contributed by atoms with Crippen molar-refractivity contribution < 1.29 is 15.0 Å². The number of aliphatic hydroxyl groups is 1. The highest BCUT2D eigenvalue weighted by Crippen LogP contribution is 2.46. The Kier molecular flexibility index (Phi) is 3.68. The molecule has 1 fully saturated rings. The van der Waals surface area contributed by atoms with Gasteiger partial charge in [-0.25, -0.2) is 4.79 Å². The molecule has 3 unspecified atom stereocenters. The van der Waals surface area contributed by atoms with Crippen molar-refractivity contribution in [3.05, 3.63) is 0 Å². The molecule has 0 aliphatic heterocycles. The lowest BCUT2D eigenvalue weighted by Gasteiger charge is -2.44. The summed E-state index contributed by atoms with van der Waals surface area (Å²) >= 11 is 0. The third-order valence-corrected chi connectivity index (χ3v) is 3.97. The molecule has 3 heteroatoms. The van der Waals surface area contributed by atoms with E-state index < -0.39 is 11.6 Å². The molecule has 0 heterocycles. The van der Waals surface area contributed by atoms with Gasteiger partial charge in [0, 0.05) is 0 Å². The second-order valence-corrected chi connectivity index (χ2v) is 6.19. The van der Waals surface area contributed by atoms with Gasteiger partial charge >= 0.3 is 5.97 Å². The highest BCUT2D eigenvalue weighted by molar-refractivity contribution is 5.77. The van der Waals surface area contributed by atoms with Crippen LogP contribution < -0.4 is 0 Å². The summed E-state index contributed by atoms with van der Waals surface area (Å²) in [5, 5.41) is 19.5. The predicted octanol–water partition coefficient (Wildman–Crippen LogP) is 2.67. The van der Waals surface area contributed by atoms with E-state index in [-0.39, 0.29) is 17.8 Å². The Hall–Kier alpha value is -0.570. The maximum absolute atomic E-state index is 11.2. The number of aliphatic carboxylic acids is 1. The minimum atomic E-state index is -1.54. The van der Waals surface area contributed by atoms with E-state index in [0.717, 1.165) is 19.3 Å². The van der Waals surface area contributed by atoms with Crippen molar-refractivity contribution in [1.82, 2.24) is 0 Å². The smallest absolute Gasteiger partial charge is 0.335 e. The summed E-state index contributed by atoms with van der Waals surface area (Å²) in [4.78, 5) is 11.2. The normalized spacial score (nSPS) is 33.1. The minimum absolute atomic E-state index is 0.117. The van der Waals surface area contributed by atoms with Gasteiger partial charge in [-0.3, -0.25) is 0 Å². The molecule has 0 aromatic carbocycles. The molecule has 0 aromatic heterocycles. The number of hydrogen-bond donors (Lipinski definition) is 2. The summed E-state index contributed by atoms with van der Waals surface area (Å²) in [5.74, 6) is -0.690. The van der Waals surface area contributed by atoms with E-state index in [1.54, 1.807) is 6.92 Å². The van der Waals surface area contributed by atoms with Crippen molar-refractivity contribution in [3.63, 3.8) is 0 Å². The van der Waals surface area contributed by atoms with Crippen LogP contribution >= 0.6 is 0 Å². The Bertz CT molecular complexity index is 272. The molecule has 0 amide bonds. The number of hydrogen-bond acceptors (Lipinski definition) is 2. The first-order chi connectivity index (χ1) is 7.21. The Morgan fingerprint density at radius 1 is 1.44 bits per heavy atom. The van der Waals surface area contributed by atoms with E-state index in [2.05, 4.69) is 20.8 Å². The third kappa shape index (κ3) is 2.57. The van der Waals surface area contributed by atoms with Crippen LogP contribution in [0.25, 0.3) is 0 Å². The fourth-order valence-electron chi connectivity index (χ4n) is 3.32. The molecule has 1 aliphatic rings. The summed E-state index contributed by atoms with van der Waals surface area (Å²) < 4.78 is 0. The van der Waals surface area contributed by atoms with E-state index in [1.165, 1.54) is 0 Å². The number of rotatable bonds is 3. The summed E-state index contributed by atoms with van der Waals surface area (Å²) in [7, 11) is 0. The van der Waals surface area contributed by atoms with Gasteiger partial charge in [-0.2, -0.15) is 0 Å². The molecule has 3 nitrogen and oxygen atoms in total. The Labute approximate surface area is 97.9 Å². The lowest BCUT2D eigenvalue weighted by Crippen LogP contribution is -2.49. The highest BCUT2D eigenvalue weighted by Gasteiger charge is 2.47.